The number of anilines is 1. The Morgan fingerprint density at radius 2 is 1.92 bits per heavy atom. The molecule has 0 bridgehead atoms. The number of hydrogen-bond acceptors (Lipinski definition) is 6. The van der Waals surface area contributed by atoms with Crippen LogP contribution in [0.5, 0.6) is 5.75 Å². The van der Waals surface area contributed by atoms with Crippen molar-refractivity contribution in [2.45, 2.75) is 63.2 Å². The number of benzene rings is 1. The molecule has 2 fully saturated rings. The summed E-state index contributed by atoms with van der Waals surface area (Å²) in [5.74, 6) is 0.326. The van der Waals surface area contributed by atoms with Crippen LogP contribution >= 0.6 is 0 Å². The van der Waals surface area contributed by atoms with Crippen molar-refractivity contribution in [2.75, 3.05) is 25.5 Å². The van der Waals surface area contributed by atoms with E-state index in [-0.39, 0.29) is 54.9 Å². The Morgan fingerprint density at radius 1 is 1.11 bits per heavy atom. The minimum Gasteiger partial charge on any atom is -0.490 e. The van der Waals surface area contributed by atoms with Gasteiger partial charge in [-0.1, -0.05) is 6.42 Å². The van der Waals surface area contributed by atoms with E-state index in [4.69, 9.17) is 9.47 Å². The molecule has 0 radical (unpaired) electrons. The lowest BCUT2D eigenvalue weighted by Crippen LogP contribution is -2.54. The molecule has 1 aliphatic carbocycles. The number of aromatic nitrogens is 1. The molecule has 9 heteroatoms. The Labute approximate surface area is 216 Å². The van der Waals surface area contributed by atoms with E-state index >= 15 is 0 Å². The SMILES string of the molecule is CN1C(=O)c2cc(NC(=O)C3CCC3)ccc2OC[C@H]2O[C@H](CC(=O)NCCc3ccncc3)CC[C@@H]21. The molecule has 5 rings (SSSR count). The number of ether oxygens (including phenoxy) is 2. The third-order valence-electron chi connectivity index (χ3n) is 7.65. The molecule has 9 nitrogen and oxygen atoms in total. The average molecular weight is 507 g/mol. The highest BCUT2D eigenvalue weighted by molar-refractivity contribution is 6.00. The van der Waals surface area contributed by atoms with Gasteiger partial charge in [0.2, 0.25) is 11.8 Å². The fourth-order valence-electron chi connectivity index (χ4n) is 5.19. The van der Waals surface area contributed by atoms with Gasteiger partial charge in [-0.3, -0.25) is 19.4 Å². The fourth-order valence-corrected chi connectivity index (χ4v) is 5.19. The quantitative estimate of drug-likeness (QED) is 0.598. The maximum absolute atomic E-state index is 13.4. The number of likely N-dealkylation sites (N-methyl/N-ethyl adjacent to an activating group) is 1. The van der Waals surface area contributed by atoms with Crippen molar-refractivity contribution >= 4 is 23.4 Å². The van der Waals surface area contributed by atoms with Crippen LogP contribution in [0, 0.1) is 5.92 Å². The molecule has 37 heavy (non-hydrogen) atoms. The number of fused-ring (bicyclic) bond motifs is 2. The van der Waals surface area contributed by atoms with Gasteiger partial charge in [-0.2, -0.15) is 0 Å². The van der Waals surface area contributed by atoms with Crippen LogP contribution in [0.3, 0.4) is 0 Å². The largest absolute Gasteiger partial charge is 0.490 e. The predicted molar refractivity (Wildman–Crippen MR) is 137 cm³/mol. The molecule has 1 aromatic heterocycles. The standard InChI is InChI=1S/C28H34N4O5/c1-32-23-7-6-21(16-26(33)30-14-11-18-9-12-29-13-10-18)37-25(23)17-36-24-8-5-20(15-22(24)28(32)35)31-27(34)19-3-2-4-19/h5,8-10,12-13,15,19,21,23,25H,2-4,6-7,11,14,16-17H2,1H3,(H,30,33)(H,31,34)/t21-,23-,25+/m0/s1. The smallest absolute Gasteiger partial charge is 0.257 e. The second-order valence-corrected chi connectivity index (χ2v) is 10.2. The van der Waals surface area contributed by atoms with Gasteiger partial charge < -0.3 is 25.0 Å². The van der Waals surface area contributed by atoms with Crippen LogP contribution < -0.4 is 15.4 Å². The first-order chi connectivity index (χ1) is 18.0. The van der Waals surface area contributed by atoms with E-state index in [1.807, 2.05) is 12.1 Å². The van der Waals surface area contributed by atoms with Crippen molar-refractivity contribution in [1.29, 1.82) is 0 Å². The van der Waals surface area contributed by atoms with Gasteiger partial charge in [0, 0.05) is 37.6 Å². The van der Waals surface area contributed by atoms with Crippen LogP contribution in [-0.2, 0) is 20.7 Å². The maximum atomic E-state index is 13.4. The zero-order valence-electron chi connectivity index (χ0n) is 21.2. The molecule has 3 heterocycles. The Morgan fingerprint density at radius 3 is 2.68 bits per heavy atom. The minimum atomic E-state index is -0.330. The molecule has 0 spiro atoms. The number of nitrogens with one attached hydrogen (secondary N) is 2. The van der Waals surface area contributed by atoms with Crippen LogP contribution in [0.15, 0.2) is 42.7 Å². The lowest BCUT2D eigenvalue weighted by molar-refractivity contribution is -0.134. The second-order valence-electron chi connectivity index (χ2n) is 10.2. The predicted octanol–water partition coefficient (Wildman–Crippen LogP) is 2.95. The van der Waals surface area contributed by atoms with Gasteiger partial charge in [0.05, 0.1) is 24.1 Å². The van der Waals surface area contributed by atoms with Crippen LogP contribution in [0.25, 0.3) is 0 Å². The lowest BCUT2D eigenvalue weighted by atomic mass is 9.85. The highest BCUT2D eigenvalue weighted by Crippen LogP contribution is 2.33. The molecule has 3 aliphatic rings. The van der Waals surface area contributed by atoms with E-state index in [9.17, 15) is 14.4 Å². The molecule has 1 saturated heterocycles. The number of amides is 3. The molecular weight excluding hydrogens is 472 g/mol. The van der Waals surface area contributed by atoms with E-state index in [1.165, 1.54) is 0 Å². The third-order valence-corrected chi connectivity index (χ3v) is 7.65. The summed E-state index contributed by atoms with van der Waals surface area (Å²) in [6.45, 7) is 0.838. The summed E-state index contributed by atoms with van der Waals surface area (Å²) in [6, 6.07) is 8.92. The van der Waals surface area contributed by atoms with Crippen molar-refractivity contribution in [1.82, 2.24) is 15.2 Å². The van der Waals surface area contributed by atoms with Gasteiger partial charge in [-0.05, 0) is 68.0 Å². The van der Waals surface area contributed by atoms with E-state index < -0.39 is 0 Å². The summed E-state index contributed by atoms with van der Waals surface area (Å²) in [5.41, 5.74) is 2.16. The lowest BCUT2D eigenvalue weighted by Gasteiger charge is -2.42. The maximum Gasteiger partial charge on any atom is 0.257 e. The van der Waals surface area contributed by atoms with Crippen molar-refractivity contribution < 1.29 is 23.9 Å². The topological polar surface area (TPSA) is 110 Å². The first-order valence-electron chi connectivity index (χ1n) is 13.1. The Bertz CT molecular complexity index is 1140. The van der Waals surface area contributed by atoms with Gasteiger partial charge in [-0.25, -0.2) is 0 Å². The molecule has 2 N–H and O–H groups in total. The summed E-state index contributed by atoms with van der Waals surface area (Å²) in [5, 5.41) is 5.91. The third kappa shape index (κ3) is 5.93. The van der Waals surface area contributed by atoms with E-state index in [0.29, 0.717) is 30.0 Å². The van der Waals surface area contributed by atoms with Gasteiger partial charge >= 0.3 is 0 Å². The molecule has 3 amide bonds. The Balaban J connectivity index is 1.17. The monoisotopic (exact) mass is 506 g/mol. The zero-order valence-corrected chi connectivity index (χ0v) is 21.2. The Hall–Kier alpha value is -3.46. The molecule has 196 valence electrons. The summed E-state index contributed by atoms with van der Waals surface area (Å²) in [4.78, 5) is 44.0. The van der Waals surface area contributed by atoms with Gasteiger partial charge in [0.25, 0.3) is 5.91 Å². The van der Waals surface area contributed by atoms with Crippen LogP contribution in [-0.4, -0.2) is 66.1 Å². The molecule has 3 atom stereocenters. The number of carbonyl (C=O) groups is 3. The van der Waals surface area contributed by atoms with E-state index in [0.717, 1.165) is 37.7 Å². The fraction of sp³-hybridized carbons (Fsp3) is 0.500. The molecule has 1 saturated carbocycles. The normalized spacial score (nSPS) is 23.4. The van der Waals surface area contributed by atoms with Gasteiger partial charge in [-0.15, -0.1) is 0 Å². The zero-order chi connectivity index (χ0) is 25.8. The minimum absolute atomic E-state index is 0.00644. The summed E-state index contributed by atoms with van der Waals surface area (Å²) in [6.07, 6.45) is 8.27. The van der Waals surface area contributed by atoms with Crippen LogP contribution in [0.1, 0.15) is 54.4 Å². The first-order valence-corrected chi connectivity index (χ1v) is 13.1. The summed E-state index contributed by atoms with van der Waals surface area (Å²) >= 11 is 0. The van der Waals surface area contributed by atoms with Gasteiger partial charge in [0.15, 0.2) is 0 Å². The molecule has 2 aromatic rings. The number of hydrogen-bond donors (Lipinski definition) is 2. The first kappa shape index (κ1) is 25.2. The van der Waals surface area contributed by atoms with Crippen molar-refractivity contribution in [3.63, 3.8) is 0 Å². The highest BCUT2D eigenvalue weighted by Gasteiger charge is 2.39. The van der Waals surface area contributed by atoms with Crippen LogP contribution in [0.4, 0.5) is 5.69 Å². The highest BCUT2D eigenvalue weighted by atomic mass is 16.5. The van der Waals surface area contributed by atoms with Crippen molar-refractivity contribution in [2.24, 2.45) is 5.92 Å². The van der Waals surface area contributed by atoms with E-state index in [1.54, 1.807) is 42.5 Å². The summed E-state index contributed by atoms with van der Waals surface area (Å²) in [7, 11) is 1.78. The van der Waals surface area contributed by atoms with Crippen molar-refractivity contribution in [3.8, 4) is 5.75 Å². The number of nitrogens with zero attached hydrogens (tertiary/aromatic N) is 2. The number of rotatable bonds is 7. The second kappa shape index (κ2) is 11.3. The Kier molecular flexibility index (Phi) is 7.69. The van der Waals surface area contributed by atoms with Crippen molar-refractivity contribution in [3.05, 3.63) is 53.9 Å². The van der Waals surface area contributed by atoms with Gasteiger partial charge in [0.1, 0.15) is 18.5 Å². The molecule has 0 unspecified atom stereocenters. The molecule has 1 aromatic carbocycles. The number of pyridine rings is 1. The molecular formula is C28H34N4O5. The van der Waals surface area contributed by atoms with Crippen LogP contribution in [0.2, 0.25) is 0 Å². The molecule has 2 aliphatic heterocycles. The summed E-state index contributed by atoms with van der Waals surface area (Å²) < 4.78 is 12.3. The average Bonchev–Trinajstić information content (AvgIpc) is 2.86. The number of carbonyl (C=O) groups excluding carboxylic acids is 3. The van der Waals surface area contributed by atoms with E-state index in [2.05, 4.69) is 15.6 Å².